The van der Waals surface area contributed by atoms with Crippen LogP contribution in [0.25, 0.3) is 5.76 Å². The molecule has 4 nitrogen and oxygen atoms in total. The van der Waals surface area contributed by atoms with Gasteiger partial charge in [0.1, 0.15) is 5.76 Å². The molecule has 5 heteroatoms. The maximum absolute atomic E-state index is 12.9. The number of hydrogen-bond acceptors (Lipinski definition) is 3. The van der Waals surface area contributed by atoms with Crippen molar-refractivity contribution in [1.82, 2.24) is 0 Å². The molecular weight excluding hydrogens is 322 g/mol. The smallest absolute Gasteiger partial charge is 0.267 e. The molecule has 1 aliphatic heterocycles. The number of aryl methyl sites for hydroxylation is 1. The summed E-state index contributed by atoms with van der Waals surface area (Å²) < 4.78 is 33.0. The van der Waals surface area contributed by atoms with Gasteiger partial charge in [0.05, 0.1) is 11.1 Å². The Bertz CT molecular complexity index is 907. The number of nitrogens with zero attached hydrogens (tertiary/aromatic N) is 1. The highest BCUT2D eigenvalue weighted by atomic mass is 32.2. The van der Waals surface area contributed by atoms with E-state index in [4.69, 9.17) is 4.74 Å². The third-order valence-corrected chi connectivity index (χ3v) is 5.05. The second-order valence-electron chi connectivity index (χ2n) is 5.90. The van der Waals surface area contributed by atoms with Crippen molar-refractivity contribution in [3.63, 3.8) is 0 Å². The summed E-state index contributed by atoms with van der Waals surface area (Å²) in [4.78, 5) is 0. The van der Waals surface area contributed by atoms with Gasteiger partial charge in [-0.25, -0.2) is 12.7 Å². The van der Waals surface area contributed by atoms with Crippen molar-refractivity contribution in [3.05, 3.63) is 82.6 Å². The molecule has 2 aromatic carbocycles. The molecule has 124 valence electrons. The van der Waals surface area contributed by atoms with Crippen LogP contribution in [0.15, 0.2) is 71.5 Å². The van der Waals surface area contributed by atoms with Crippen molar-refractivity contribution in [2.24, 2.45) is 0 Å². The molecule has 0 amide bonds. The van der Waals surface area contributed by atoms with E-state index in [1.807, 2.05) is 63.2 Å². The van der Waals surface area contributed by atoms with Gasteiger partial charge < -0.3 is 4.74 Å². The van der Waals surface area contributed by atoms with Gasteiger partial charge in [0.25, 0.3) is 10.0 Å². The number of allylic oxidation sites excluding steroid dienone is 1. The molecule has 0 unspecified atom stereocenters. The van der Waals surface area contributed by atoms with Crippen molar-refractivity contribution >= 4 is 21.5 Å². The van der Waals surface area contributed by atoms with Crippen LogP contribution in [-0.4, -0.2) is 8.42 Å². The molecule has 1 heterocycles. The number of hydrogen-bond donors (Lipinski definition) is 0. The fourth-order valence-electron chi connectivity index (χ4n) is 2.45. The first-order valence-corrected chi connectivity index (χ1v) is 9.13. The molecule has 3 rings (SSSR count). The zero-order valence-electron chi connectivity index (χ0n) is 13.9. The van der Waals surface area contributed by atoms with Gasteiger partial charge in [-0.05, 0) is 38.5 Å². The molecule has 0 fully saturated rings. The summed E-state index contributed by atoms with van der Waals surface area (Å²) in [5, 5.41) is 1.18. The van der Waals surface area contributed by atoms with E-state index >= 15 is 0 Å². The highest BCUT2D eigenvalue weighted by molar-refractivity contribution is 7.96. The molecule has 2 aromatic rings. The van der Waals surface area contributed by atoms with Gasteiger partial charge in [0, 0.05) is 5.56 Å². The maximum Gasteiger partial charge on any atom is 0.267 e. The van der Waals surface area contributed by atoms with Crippen molar-refractivity contribution in [2.75, 3.05) is 4.31 Å². The summed E-state index contributed by atoms with van der Waals surface area (Å²) in [5.41, 5.74) is 3.12. The van der Waals surface area contributed by atoms with Crippen LogP contribution in [0.3, 0.4) is 0 Å². The lowest BCUT2D eigenvalue weighted by Gasteiger charge is -2.31. The third-order valence-electron chi connectivity index (χ3n) is 3.66. The minimum atomic E-state index is -3.69. The van der Waals surface area contributed by atoms with E-state index in [2.05, 4.69) is 0 Å². The summed E-state index contributed by atoms with van der Waals surface area (Å²) in [6.07, 6.45) is 0. The van der Waals surface area contributed by atoms with Crippen LogP contribution in [0.5, 0.6) is 0 Å². The zero-order chi connectivity index (χ0) is 17.3. The number of ether oxygens (including phenoxy) is 1. The first-order chi connectivity index (χ1) is 11.4. The quantitative estimate of drug-likeness (QED) is 0.813. The van der Waals surface area contributed by atoms with Crippen molar-refractivity contribution in [3.8, 4) is 0 Å². The molecule has 0 bridgehead atoms. The van der Waals surface area contributed by atoms with Crippen LogP contribution in [0.4, 0.5) is 5.69 Å². The normalized spacial score (nSPS) is 16.4. The van der Waals surface area contributed by atoms with E-state index in [1.54, 1.807) is 12.1 Å². The lowest BCUT2D eigenvalue weighted by Crippen LogP contribution is -2.33. The van der Waals surface area contributed by atoms with Gasteiger partial charge in [-0.15, -0.1) is 0 Å². The molecule has 0 atom stereocenters. The van der Waals surface area contributed by atoms with Gasteiger partial charge in [0.2, 0.25) is 5.88 Å². The van der Waals surface area contributed by atoms with Gasteiger partial charge >= 0.3 is 0 Å². The molecule has 0 radical (unpaired) electrons. The minimum Gasteiger partial charge on any atom is -0.438 e. The van der Waals surface area contributed by atoms with Crippen LogP contribution in [0.2, 0.25) is 0 Å². The Hall–Kier alpha value is -2.53. The molecule has 0 saturated carbocycles. The van der Waals surface area contributed by atoms with Crippen molar-refractivity contribution in [1.29, 1.82) is 0 Å². The standard InChI is InChI=1S/C19H19NO3S/c1-14(2)19-20(17-11-9-15(3)10-12-17)24(21,22)13-18(23-19)16-7-5-4-6-8-16/h4-13H,1-3H3. The van der Waals surface area contributed by atoms with Crippen molar-refractivity contribution < 1.29 is 13.2 Å². The Morgan fingerprint density at radius 3 is 2.17 bits per heavy atom. The topological polar surface area (TPSA) is 46.6 Å². The fourth-order valence-corrected chi connectivity index (χ4v) is 3.88. The average molecular weight is 341 g/mol. The first kappa shape index (κ1) is 16.3. The van der Waals surface area contributed by atoms with Gasteiger partial charge in [-0.3, -0.25) is 0 Å². The van der Waals surface area contributed by atoms with Crippen LogP contribution < -0.4 is 4.31 Å². The van der Waals surface area contributed by atoms with E-state index in [9.17, 15) is 8.42 Å². The molecule has 0 saturated heterocycles. The SMILES string of the molecule is CC(C)=C1OC(c2ccccc2)=CS(=O)(=O)N1c1ccc(C)cc1. The van der Waals surface area contributed by atoms with Gasteiger partial charge in [-0.1, -0.05) is 48.0 Å². The molecular formula is C19H19NO3S. The Morgan fingerprint density at radius 2 is 1.58 bits per heavy atom. The summed E-state index contributed by atoms with van der Waals surface area (Å²) in [5.74, 6) is 0.648. The second kappa shape index (κ2) is 6.17. The number of sulfonamides is 1. The lowest BCUT2D eigenvalue weighted by molar-refractivity contribution is 0.367. The Morgan fingerprint density at radius 1 is 0.958 bits per heavy atom. The maximum atomic E-state index is 12.9. The summed E-state index contributed by atoms with van der Waals surface area (Å²) in [6.45, 7) is 5.63. The zero-order valence-corrected chi connectivity index (χ0v) is 14.7. The fraction of sp³-hybridized carbons (Fsp3) is 0.158. The minimum absolute atomic E-state index is 0.320. The van der Waals surface area contributed by atoms with Crippen molar-refractivity contribution in [2.45, 2.75) is 20.8 Å². The Kier molecular flexibility index (Phi) is 4.20. The van der Waals surface area contributed by atoms with E-state index in [0.29, 0.717) is 17.3 Å². The monoisotopic (exact) mass is 341 g/mol. The van der Waals surface area contributed by atoms with Crippen LogP contribution >= 0.6 is 0 Å². The van der Waals surface area contributed by atoms with Crippen LogP contribution in [0, 0.1) is 6.92 Å². The van der Waals surface area contributed by atoms with E-state index in [0.717, 1.165) is 16.7 Å². The molecule has 24 heavy (non-hydrogen) atoms. The molecule has 0 aliphatic carbocycles. The first-order valence-electron chi connectivity index (χ1n) is 7.63. The summed E-state index contributed by atoms with van der Waals surface area (Å²) in [7, 11) is -3.69. The third kappa shape index (κ3) is 3.08. The highest BCUT2D eigenvalue weighted by Gasteiger charge is 2.33. The Labute approximate surface area is 142 Å². The molecule has 0 N–H and O–H groups in total. The van der Waals surface area contributed by atoms with Gasteiger partial charge in [0.15, 0.2) is 0 Å². The van der Waals surface area contributed by atoms with E-state index in [-0.39, 0.29) is 0 Å². The molecule has 1 aliphatic rings. The largest absolute Gasteiger partial charge is 0.438 e. The molecule has 0 spiro atoms. The average Bonchev–Trinajstić information content (AvgIpc) is 2.55. The predicted molar refractivity (Wildman–Crippen MR) is 96.5 cm³/mol. The Balaban J connectivity index is 2.15. The number of rotatable bonds is 2. The highest BCUT2D eigenvalue weighted by Crippen LogP contribution is 2.35. The summed E-state index contributed by atoms with van der Waals surface area (Å²) in [6, 6.07) is 16.5. The summed E-state index contributed by atoms with van der Waals surface area (Å²) >= 11 is 0. The van der Waals surface area contributed by atoms with E-state index < -0.39 is 10.0 Å². The van der Waals surface area contributed by atoms with E-state index in [1.165, 1.54) is 9.71 Å². The number of benzene rings is 2. The molecule has 0 aromatic heterocycles. The van der Waals surface area contributed by atoms with Crippen LogP contribution in [-0.2, 0) is 14.8 Å². The number of anilines is 1. The van der Waals surface area contributed by atoms with Gasteiger partial charge in [-0.2, -0.15) is 0 Å². The lowest BCUT2D eigenvalue weighted by atomic mass is 10.2. The van der Waals surface area contributed by atoms with Crippen LogP contribution in [0.1, 0.15) is 25.0 Å². The second-order valence-corrected chi connectivity index (χ2v) is 7.53. The predicted octanol–water partition coefficient (Wildman–Crippen LogP) is 4.41.